The van der Waals surface area contributed by atoms with Crippen LogP contribution in [0.1, 0.15) is 33.1 Å². The van der Waals surface area contributed by atoms with Crippen molar-refractivity contribution in [2.45, 2.75) is 33.1 Å². The topological polar surface area (TPSA) is 62.7 Å². The van der Waals surface area contributed by atoms with E-state index >= 15 is 0 Å². The van der Waals surface area contributed by atoms with Crippen LogP contribution in [-0.2, 0) is 4.79 Å². The zero-order valence-corrected chi connectivity index (χ0v) is 13.6. The van der Waals surface area contributed by atoms with E-state index in [-0.39, 0.29) is 12.5 Å². The van der Waals surface area contributed by atoms with Gasteiger partial charge in [0.25, 0.3) is 5.91 Å². The number of nitrogens with zero attached hydrogens (tertiary/aromatic N) is 1. The number of carbonyl (C=O) groups is 1. The number of amides is 1. The van der Waals surface area contributed by atoms with Gasteiger partial charge in [0.2, 0.25) is 0 Å². The SMILES string of the molecule is COc1ccccc1NCC(=O)NN=C1[C@H](C)CCC[C@H]1C. The maximum atomic E-state index is 12.0. The number of hydrogen-bond donors (Lipinski definition) is 2. The Morgan fingerprint density at radius 2 is 1.95 bits per heavy atom. The second-order valence-electron chi connectivity index (χ2n) is 5.86. The van der Waals surface area contributed by atoms with Gasteiger partial charge >= 0.3 is 0 Å². The molecule has 120 valence electrons. The van der Waals surface area contributed by atoms with Gasteiger partial charge in [-0.1, -0.05) is 32.4 Å². The molecular formula is C17H25N3O2. The smallest absolute Gasteiger partial charge is 0.259 e. The second-order valence-corrected chi connectivity index (χ2v) is 5.86. The average Bonchev–Trinajstić information content (AvgIpc) is 2.52. The molecule has 1 fully saturated rings. The summed E-state index contributed by atoms with van der Waals surface area (Å²) in [5.41, 5.74) is 4.57. The molecule has 2 atom stereocenters. The molecule has 0 bridgehead atoms. The minimum atomic E-state index is -0.150. The molecule has 1 amide bonds. The van der Waals surface area contributed by atoms with Crippen LogP contribution in [0.2, 0.25) is 0 Å². The van der Waals surface area contributed by atoms with Crippen molar-refractivity contribution >= 4 is 17.3 Å². The summed E-state index contributed by atoms with van der Waals surface area (Å²) in [7, 11) is 1.61. The van der Waals surface area contributed by atoms with Gasteiger partial charge in [0.05, 0.1) is 19.3 Å². The Morgan fingerprint density at radius 1 is 1.27 bits per heavy atom. The molecule has 22 heavy (non-hydrogen) atoms. The Bertz CT molecular complexity index is 530. The van der Waals surface area contributed by atoms with Gasteiger partial charge < -0.3 is 10.1 Å². The lowest BCUT2D eigenvalue weighted by Gasteiger charge is -2.26. The molecule has 0 saturated heterocycles. The van der Waals surface area contributed by atoms with Gasteiger partial charge in [0.1, 0.15) is 5.75 Å². The predicted molar refractivity (Wildman–Crippen MR) is 89.2 cm³/mol. The van der Waals surface area contributed by atoms with E-state index < -0.39 is 0 Å². The minimum absolute atomic E-state index is 0.150. The van der Waals surface area contributed by atoms with Crippen molar-refractivity contribution in [2.75, 3.05) is 19.0 Å². The highest BCUT2D eigenvalue weighted by atomic mass is 16.5. The first kappa shape index (κ1) is 16.3. The second kappa shape index (κ2) is 7.82. The van der Waals surface area contributed by atoms with Crippen molar-refractivity contribution in [1.29, 1.82) is 0 Å². The monoisotopic (exact) mass is 303 g/mol. The summed E-state index contributed by atoms with van der Waals surface area (Å²) in [6, 6.07) is 7.52. The van der Waals surface area contributed by atoms with E-state index in [0.717, 1.165) is 30.0 Å². The van der Waals surface area contributed by atoms with E-state index in [1.54, 1.807) is 7.11 Å². The fourth-order valence-electron chi connectivity index (χ4n) is 2.86. The summed E-state index contributed by atoms with van der Waals surface area (Å²) in [6.45, 7) is 4.52. The predicted octanol–water partition coefficient (Wildman–Crippen LogP) is 3.04. The van der Waals surface area contributed by atoms with E-state index in [1.807, 2.05) is 24.3 Å². The number of nitrogens with one attached hydrogen (secondary N) is 2. The number of ether oxygens (including phenoxy) is 1. The number of carbonyl (C=O) groups excluding carboxylic acids is 1. The van der Waals surface area contributed by atoms with Crippen LogP contribution in [-0.4, -0.2) is 25.3 Å². The van der Waals surface area contributed by atoms with Crippen LogP contribution >= 0.6 is 0 Å². The van der Waals surface area contributed by atoms with Gasteiger partial charge in [-0.05, 0) is 36.8 Å². The molecule has 1 aromatic carbocycles. The number of hydrazone groups is 1. The molecule has 0 unspecified atom stereocenters. The van der Waals surface area contributed by atoms with Crippen molar-refractivity contribution in [2.24, 2.45) is 16.9 Å². The van der Waals surface area contributed by atoms with Crippen molar-refractivity contribution in [3.05, 3.63) is 24.3 Å². The molecule has 0 aromatic heterocycles. The molecule has 0 radical (unpaired) electrons. The van der Waals surface area contributed by atoms with Gasteiger partial charge in [0, 0.05) is 5.71 Å². The fourth-order valence-corrected chi connectivity index (χ4v) is 2.86. The molecule has 5 heteroatoms. The number of hydrogen-bond acceptors (Lipinski definition) is 4. The number of methoxy groups -OCH3 is 1. The fraction of sp³-hybridized carbons (Fsp3) is 0.529. The first-order chi connectivity index (χ1) is 10.6. The molecule has 1 saturated carbocycles. The third kappa shape index (κ3) is 4.23. The number of para-hydroxylation sites is 2. The van der Waals surface area contributed by atoms with Crippen molar-refractivity contribution in [1.82, 2.24) is 5.43 Å². The molecular weight excluding hydrogens is 278 g/mol. The van der Waals surface area contributed by atoms with Crippen LogP contribution < -0.4 is 15.5 Å². The molecule has 1 aliphatic rings. The quantitative estimate of drug-likeness (QED) is 0.822. The average molecular weight is 303 g/mol. The maximum absolute atomic E-state index is 12.0. The van der Waals surface area contributed by atoms with Crippen LogP contribution in [0.15, 0.2) is 29.4 Å². The molecule has 5 nitrogen and oxygen atoms in total. The number of rotatable bonds is 5. The summed E-state index contributed by atoms with van der Waals surface area (Å²) >= 11 is 0. The largest absolute Gasteiger partial charge is 0.495 e. The van der Waals surface area contributed by atoms with Crippen LogP contribution in [0.25, 0.3) is 0 Å². The zero-order chi connectivity index (χ0) is 15.9. The Labute approximate surface area is 132 Å². The van der Waals surface area contributed by atoms with Crippen molar-refractivity contribution in [3.8, 4) is 5.75 Å². The Morgan fingerprint density at radius 3 is 2.64 bits per heavy atom. The lowest BCUT2D eigenvalue weighted by atomic mass is 9.81. The number of anilines is 1. The van der Waals surface area contributed by atoms with Gasteiger partial charge in [0.15, 0.2) is 0 Å². The third-order valence-electron chi connectivity index (χ3n) is 4.14. The highest BCUT2D eigenvalue weighted by molar-refractivity contribution is 5.90. The Kier molecular flexibility index (Phi) is 5.81. The molecule has 1 aliphatic carbocycles. The molecule has 0 heterocycles. The summed E-state index contributed by atoms with van der Waals surface area (Å²) in [5, 5.41) is 7.41. The van der Waals surface area contributed by atoms with Gasteiger partial charge in [-0.2, -0.15) is 5.10 Å². The standard InChI is InChI=1S/C17H25N3O2/c1-12-7-6-8-13(2)17(12)20-19-16(21)11-18-14-9-4-5-10-15(14)22-3/h4-5,9-10,12-13,18H,6-8,11H2,1-3H3,(H,19,21)/t12-,13-/m1/s1. The molecule has 0 aliphatic heterocycles. The van der Waals surface area contributed by atoms with E-state index in [1.165, 1.54) is 6.42 Å². The van der Waals surface area contributed by atoms with Gasteiger partial charge in [-0.3, -0.25) is 4.79 Å². The molecule has 2 N–H and O–H groups in total. The van der Waals surface area contributed by atoms with E-state index in [2.05, 4.69) is 29.7 Å². The molecule has 0 spiro atoms. The van der Waals surface area contributed by atoms with Crippen molar-refractivity contribution in [3.63, 3.8) is 0 Å². The zero-order valence-electron chi connectivity index (χ0n) is 13.6. The lowest BCUT2D eigenvalue weighted by molar-refractivity contribution is -0.119. The van der Waals surface area contributed by atoms with Gasteiger partial charge in [-0.15, -0.1) is 0 Å². The van der Waals surface area contributed by atoms with Crippen LogP contribution in [0.4, 0.5) is 5.69 Å². The first-order valence-corrected chi connectivity index (χ1v) is 7.85. The summed E-state index contributed by atoms with van der Waals surface area (Å²) in [6.07, 6.45) is 3.54. The van der Waals surface area contributed by atoms with E-state index in [4.69, 9.17) is 4.74 Å². The summed E-state index contributed by atoms with van der Waals surface area (Å²) in [4.78, 5) is 12.0. The molecule has 2 rings (SSSR count). The van der Waals surface area contributed by atoms with E-state index in [9.17, 15) is 4.79 Å². The maximum Gasteiger partial charge on any atom is 0.259 e. The van der Waals surface area contributed by atoms with Crippen molar-refractivity contribution < 1.29 is 9.53 Å². The minimum Gasteiger partial charge on any atom is -0.495 e. The van der Waals surface area contributed by atoms with Crippen LogP contribution in [0.5, 0.6) is 5.75 Å². The number of benzene rings is 1. The first-order valence-electron chi connectivity index (χ1n) is 7.85. The van der Waals surface area contributed by atoms with Gasteiger partial charge in [-0.25, -0.2) is 5.43 Å². The van der Waals surface area contributed by atoms with Crippen LogP contribution in [0, 0.1) is 11.8 Å². The lowest BCUT2D eigenvalue weighted by Crippen LogP contribution is -2.31. The van der Waals surface area contributed by atoms with E-state index in [0.29, 0.717) is 11.8 Å². The molecule has 1 aromatic rings. The summed E-state index contributed by atoms with van der Waals surface area (Å²) < 4.78 is 5.24. The Balaban J connectivity index is 1.88. The summed E-state index contributed by atoms with van der Waals surface area (Å²) in [5.74, 6) is 1.47. The Hall–Kier alpha value is -2.04. The van der Waals surface area contributed by atoms with Crippen LogP contribution in [0.3, 0.4) is 0 Å². The highest BCUT2D eigenvalue weighted by Crippen LogP contribution is 2.26. The normalized spacial score (nSPS) is 21.1. The third-order valence-corrected chi connectivity index (χ3v) is 4.14. The highest BCUT2D eigenvalue weighted by Gasteiger charge is 2.23.